The van der Waals surface area contributed by atoms with E-state index in [0.29, 0.717) is 21.3 Å². The van der Waals surface area contributed by atoms with Crippen molar-refractivity contribution in [3.8, 4) is 0 Å². The van der Waals surface area contributed by atoms with Gasteiger partial charge in [0.25, 0.3) is 17.7 Å². The molecule has 0 N–H and O–H groups in total. The number of fused-ring (bicyclic) bond motifs is 2. The Morgan fingerprint density at radius 2 is 0.966 bits per heavy atom. The highest BCUT2D eigenvalue weighted by Crippen LogP contribution is 2.48. The molecule has 4 fully saturated rings. The molecule has 304 valence electrons. The Labute approximate surface area is 378 Å². The number of urea groups is 2. The lowest BCUT2D eigenvalue weighted by molar-refractivity contribution is -0.125. The molecule has 8 rings (SSSR count). The number of rotatable bonds is 6. The van der Waals surface area contributed by atoms with Crippen LogP contribution in [0.25, 0.3) is 0 Å². The summed E-state index contributed by atoms with van der Waals surface area (Å²) in [6.45, 7) is -0.884. The predicted octanol–water partition coefficient (Wildman–Crippen LogP) is 11.4. The molecule has 6 amide bonds. The summed E-state index contributed by atoms with van der Waals surface area (Å²) >= 11 is 40.3. The molecule has 4 aromatic rings. The van der Waals surface area contributed by atoms with E-state index in [1.807, 2.05) is 24.3 Å². The van der Waals surface area contributed by atoms with Gasteiger partial charge in [0, 0.05) is 54.7 Å². The Balaban J connectivity index is 0.000000183. The first-order valence-electron chi connectivity index (χ1n) is 17.1. The third-order valence-electron chi connectivity index (χ3n) is 9.88. The van der Waals surface area contributed by atoms with E-state index >= 15 is 0 Å². The number of hydrogen-bond acceptors (Lipinski definition) is 5. The lowest BCUT2D eigenvalue weighted by atomic mass is 9.87. The molecule has 0 aliphatic carbocycles. The summed E-state index contributed by atoms with van der Waals surface area (Å²) in [6.07, 6.45) is -0.476. The van der Waals surface area contributed by atoms with E-state index in [0.717, 1.165) is 29.2 Å². The third kappa shape index (κ3) is 8.88. The van der Waals surface area contributed by atoms with E-state index in [1.165, 1.54) is 41.3 Å². The molecule has 2 atom stereocenters. The number of alkyl halides is 4. The Morgan fingerprint density at radius 1 is 0.586 bits per heavy atom. The Morgan fingerprint density at radius 3 is 1.40 bits per heavy atom. The number of Topliss-reactive ketones (excluding diaryl/α,β-unsaturated/α-hetero) is 1. The number of anilines is 2. The lowest BCUT2D eigenvalue weighted by Gasteiger charge is -2.27. The zero-order valence-electron chi connectivity index (χ0n) is 29.6. The highest BCUT2D eigenvalue weighted by atomic mass is 79.9. The molecule has 0 saturated carbocycles. The smallest absolute Gasteiger partial charge is 0.303 e. The molecule has 0 bridgehead atoms. The summed E-state index contributed by atoms with van der Waals surface area (Å²) < 4.78 is 30.3. The zero-order chi connectivity index (χ0) is 42.3. The fourth-order valence-corrected chi connectivity index (χ4v) is 9.18. The van der Waals surface area contributed by atoms with Crippen LogP contribution in [0.4, 0.5) is 29.7 Å². The van der Waals surface area contributed by atoms with Crippen LogP contribution < -0.4 is 9.80 Å². The van der Waals surface area contributed by atoms with Gasteiger partial charge in [0.15, 0.2) is 5.78 Å². The fourth-order valence-electron chi connectivity index (χ4n) is 7.62. The van der Waals surface area contributed by atoms with Crippen molar-refractivity contribution < 1.29 is 32.8 Å². The number of carbonyl (C=O) groups is 5. The molecular formula is C39H28Br2Cl6F2N4O5. The van der Waals surface area contributed by atoms with Crippen molar-refractivity contribution in [3.63, 3.8) is 0 Å². The Bertz CT molecular complexity index is 2270. The van der Waals surface area contributed by atoms with E-state index in [9.17, 15) is 32.8 Å². The van der Waals surface area contributed by atoms with E-state index in [-0.39, 0.29) is 52.7 Å². The molecule has 0 radical (unpaired) electrons. The number of imide groups is 2. The van der Waals surface area contributed by atoms with Gasteiger partial charge in [0.05, 0.1) is 29.8 Å². The summed E-state index contributed by atoms with van der Waals surface area (Å²) in [4.78, 5) is 69.1. The first-order chi connectivity index (χ1) is 27.3. The van der Waals surface area contributed by atoms with Crippen molar-refractivity contribution in [1.29, 1.82) is 0 Å². The third-order valence-corrected chi connectivity index (χ3v) is 11.8. The van der Waals surface area contributed by atoms with E-state index in [1.54, 1.807) is 24.3 Å². The van der Waals surface area contributed by atoms with Gasteiger partial charge in [-0.05, 0) is 71.8 Å². The number of carbonyl (C=O) groups excluding carboxylic acids is 5. The second-order valence-corrected chi connectivity index (χ2v) is 18.2. The fraction of sp³-hybridized carbons (Fsp3) is 0.256. The molecule has 19 heteroatoms. The summed E-state index contributed by atoms with van der Waals surface area (Å²) in [6, 6.07) is 22.0. The maximum absolute atomic E-state index is 14.3. The topological polar surface area (TPSA) is 98.3 Å². The maximum Gasteiger partial charge on any atom is 0.332 e. The summed E-state index contributed by atoms with van der Waals surface area (Å²) in [5.74, 6) is -4.40. The van der Waals surface area contributed by atoms with Gasteiger partial charge in [-0.25, -0.2) is 28.2 Å². The average molecular weight is 1040 g/mol. The number of benzene rings is 4. The SMILES string of the molecule is ClCCl.O=C1CN2C(=O)N(c3cc(Cl)cc(Cl)c3)C(=O)C2(Cc2ccc(Br)cc2)C1.O=C1N(c2cc(Cl)cc(Cl)c2)C(=O)C2(Cc3ccc(Br)cc3)CC(F)(F)CN12. The molecule has 4 heterocycles. The predicted molar refractivity (Wildman–Crippen MR) is 229 cm³/mol. The van der Waals surface area contributed by atoms with Crippen molar-refractivity contribution >= 4 is 143 Å². The molecule has 2 unspecified atom stereocenters. The normalized spacial score (nSPS) is 21.9. The summed E-state index contributed by atoms with van der Waals surface area (Å²) in [7, 11) is 0. The van der Waals surface area contributed by atoms with Crippen LogP contribution in [-0.4, -0.2) is 74.9 Å². The number of hydrogen-bond donors (Lipinski definition) is 0. The monoisotopic (exact) mass is 1040 g/mol. The standard InChI is InChI=1S/C19H13BrCl2F2N2O2.C19H13BrCl2N2O3.CH2Cl2/c20-12-3-1-11(2-4-12)8-18-9-19(23,24)10-25(18)17(28)26(16(18)27)15-6-13(21)5-14(22)7-15;20-12-3-1-11(2-4-12)8-19-9-16(25)10-23(19)18(27)24(17(19)26)15-6-13(21)5-14(22)7-15;2-1-3/h1-7H,8-10H2;1-7H,8-10H2;1H2. The van der Waals surface area contributed by atoms with Gasteiger partial charge < -0.3 is 9.80 Å². The molecule has 0 spiro atoms. The highest BCUT2D eigenvalue weighted by molar-refractivity contribution is 9.10. The minimum Gasteiger partial charge on any atom is -0.303 e. The van der Waals surface area contributed by atoms with Crippen molar-refractivity contribution in [2.75, 3.05) is 28.2 Å². The molecule has 4 saturated heterocycles. The van der Waals surface area contributed by atoms with Crippen LogP contribution in [0.3, 0.4) is 0 Å². The zero-order valence-corrected chi connectivity index (χ0v) is 37.3. The van der Waals surface area contributed by atoms with Crippen LogP contribution in [0, 0.1) is 0 Å². The van der Waals surface area contributed by atoms with Gasteiger partial charge >= 0.3 is 12.1 Å². The minimum absolute atomic E-state index is 0.00155. The maximum atomic E-state index is 14.3. The van der Waals surface area contributed by atoms with Crippen molar-refractivity contribution in [1.82, 2.24) is 9.80 Å². The van der Waals surface area contributed by atoms with Gasteiger partial charge in [-0.1, -0.05) is 103 Å². The minimum atomic E-state index is -3.14. The Hall–Kier alpha value is -3.01. The van der Waals surface area contributed by atoms with E-state index in [4.69, 9.17) is 69.6 Å². The van der Waals surface area contributed by atoms with Crippen molar-refractivity contribution in [2.24, 2.45) is 0 Å². The largest absolute Gasteiger partial charge is 0.332 e. The Kier molecular flexibility index (Phi) is 13.5. The first kappa shape index (κ1) is 44.5. The van der Waals surface area contributed by atoms with Gasteiger partial charge in [0.2, 0.25) is 0 Å². The van der Waals surface area contributed by atoms with Crippen LogP contribution in [0.15, 0.2) is 93.9 Å². The second-order valence-electron chi connectivity index (χ2n) is 13.8. The highest BCUT2D eigenvalue weighted by Gasteiger charge is 2.67. The number of amides is 6. The molecular weight excluding hydrogens is 1010 g/mol. The second kappa shape index (κ2) is 17.5. The lowest BCUT2D eigenvalue weighted by Crippen LogP contribution is -2.47. The summed E-state index contributed by atoms with van der Waals surface area (Å²) in [5.41, 5.74) is -0.844. The van der Waals surface area contributed by atoms with E-state index in [2.05, 4.69) is 31.9 Å². The average Bonchev–Trinajstić information content (AvgIpc) is 3.74. The van der Waals surface area contributed by atoms with Crippen LogP contribution in [-0.2, 0) is 27.2 Å². The van der Waals surface area contributed by atoms with Crippen LogP contribution in [0.5, 0.6) is 0 Å². The van der Waals surface area contributed by atoms with Crippen LogP contribution in [0.2, 0.25) is 20.1 Å². The number of halogens is 10. The van der Waals surface area contributed by atoms with Crippen molar-refractivity contribution in [3.05, 3.63) is 125 Å². The number of ketones is 1. The molecule has 9 nitrogen and oxygen atoms in total. The molecule has 0 aromatic heterocycles. The van der Waals surface area contributed by atoms with Gasteiger partial charge in [-0.2, -0.15) is 0 Å². The van der Waals surface area contributed by atoms with Crippen LogP contribution in [0.1, 0.15) is 24.0 Å². The summed E-state index contributed by atoms with van der Waals surface area (Å²) in [5, 5.41) is 1.32. The van der Waals surface area contributed by atoms with Gasteiger partial charge in [0.1, 0.15) is 11.1 Å². The van der Waals surface area contributed by atoms with Gasteiger partial charge in [-0.3, -0.25) is 14.4 Å². The molecule has 4 aliphatic heterocycles. The van der Waals surface area contributed by atoms with E-state index < -0.39 is 53.8 Å². The molecule has 4 aliphatic rings. The molecule has 58 heavy (non-hydrogen) atoms. The first-order valence-corrected chi connectivity index (χ1v) is 21.2. The van der Waals surface area contributed by atoms with Crippen molar-refractivity contribution in [2.45, 2.75) is 42.7 Å². The number of nitrogens with zero attached hydrogens (tertiary/aromatic N) is 4. The quantitative estimate of drug-likeness (QED) is 0.142. The van der Waals surface area contributed by atoms with Gasteiger partial charge in [-0.15, -0.1) is 23.2 Å². The van der Waals surface area contributed by atoms with Crippen LogP contribution >= 0.6 is 101 Å². The molecule has 4 aromatic carbocycles.